The first kappa shape index (κ1) is 13.6. The maximum Gasteiger partial charge on any atom is 0.179 e. The van der Waals surface area contributed by atoms with Gasteiger partial charge in [-0.15, -0.1) is 0 Å². The molecule has 1 heterocycles. The molecule has 0 radical (unpaired) electrons. The maximum atomic E-state index is 12.8. The number of rotatable bonds is 3. The Morgan fingerprint density at radius 3 is 2.72 bits per heavy atom. The molecule has 4 heteroatoms. The van der Waals surface area contributed by atoms with Crippen molar-refractivity contribution in [2.45, 2.75) is 25.1 Å². The molecule has 2 rings (SSSR count). The summed E-state index contributed by atoms with van der Waals surface area (Å²) in [6.07, 6.45) is 0. The smallest absolute Gasteiger partial charge is 0.179 e. The van der Waals surface area contributed by atoms with Crippen molar-refractivity contribution >= 4 is 17.5 Å². The largest absolute Gasteiger partial charge is 0.292 e. The van der Waals surface area contributed by atoms with Crippen molar-refractivity contribution in [2.75, 3.05) is 18.8 Å². The van der Waals surface area contributed by atoms with Crippen LogP contribution in [0.3, 0.4) is 0 Å². The fraction of sp³-hybridized carbons (Fsp3) is 0.500. The first-order chi connectivity index (χ1) is 8.58. The van der Waals surface area contributed by atoms with Gasteiger partial charge in [0.2, 0.25) is 0 Å². The molecule has 18 heavy (non-hydrogen) atoms. The first-order valence-corrected chi connectivity index (χ1v) is 7.28. The van der Waals surface area contributed by atoms with Crippen molar-refractivity contribution in [1.82, 2.24) is 4.90 Å². The fourth-order valence-electron chi connectivity index (χ4n) is 2.22. The lowest BCUT2D eigenvalue weighted by Crippen LogP contribution is -2.46. The Morgan fingerprint density at radius 2 is 2.11 bits per heavy atom. The summed E-state index contributed by atoms with van der Waals surface area (Å²) in [4.78, 5) is 14.5. The predicted molar refractivity (Wildman–Crippen MR) is 73.7 cm³/mol. The van der Waals surface area contributed by atoms with Crippen molar-refractivity contribution in [3.8, 4) is 0 Å². The van der Waals surface area contributed by atoms with Gasteiger partial charge in [0.15, 0.2) is 5.78 Å². The predicted octanol–water partition coefficient (Wildman–Crippen LogP) is 2.83. The van der Waals surface area contributed by atoms with Gasteiger partial charge in [-0.25, -0.2) is 4.39 Å². The third-order valence-electron chi connectivity index (χ3n) is 3.33. The van der Waals surface area contributed by atoms with Crippen LogP contribution in [0.25, 0.3) is 0 Å². The highest BCUT2D eigenvalue weighted by molar-refractivity contribution is 7.99. The van der Waals surface area contributed by atoms with Gasteiger partial charge in [0.25, 0.3) is 0 Å². The van der Waals surface area contributed by atoms with Gasteiger partial charge in [0, 0.05) is 29.7 Å². The fourth-order valence-corrected chi connectivity index (χ4v) is 3.26. The lowest BCUT2D eigenvalue weighted by molar-refractivity contribution is 0.0844. The van der Waals surface area contributed by atoms with Crippen LogP contribution < -0.4 is 0 Å². The van der Waals surface area contributed by atoms with Crippen molar-refractivity contribution in [1.29, 1.82) is 0 Å². The molecule has 0 spiro atoms. The summed E-state index contributed by atoms with van der Waals surface area (Å²) in [6, 6.07) is 5.69. The molecule has 1 aliphatic heterocycles. The maximum absolute atomic E-state index is 12.8. The van der Waals surface area contributed by atoms with Crippen LogP contribution in [0.1, 0.15) is 24.2 Å². The van der Waals surface area contributed by atoms with Crippen molar-refractivity contribution < 1.29 is 9.18 Å². The molecule has 1 fully saturated rings. The minimum absolute atomic E-state index is 0.0779. The van der Waals surface area contributed by atoms with Crippen molar-refractivity contribution in [3.05, 3.63) is 35.6 Å². The lowest BCUT2D eigenvalue weighted by atomic mass is 10.0. The first-order valence-electron chi connectivity index (χ1n) is 6.23. The van der Waals surface area contributed by atoms with E-state index in [1.807, 2.05) is 18.7 Å². The second-order valence-electron chi connectivity index (χ2n) is 4.72. The molecule has 0 N–H and O–H groups in total. The van der Waals surface area contributed by atoms with Gasteiger partial charge in [-0.3, -0.25) is 9.69 Å². The number of hydrogen-bond acceptors (Lipinski definition) is 3. The van der Waals surface area contributed by atoms with E-state index in [0.29, 0.717) is 10.8 Å². The van der Waals surface area contributed by atoms with Crippen molar-refractivity contribution in [3.63, 3.8) is 0 Å². The standard InChI is InChI=1S/C14H18FNOS/c1-10-9-16(7-8-18-10)11(2)14(17)12-3-5-13(15)6-4-12/h3-6,10-11H,7-9H2,1-2H3. The molecule has 2 nitrogen and oxygen atoms in total. The van der Waals surface area contributed by atoms with E-state index in [0.717, 1.165) is 18.8 Å². The van der Waals surface area contributed by atoms with E-state index < -0.39 is 0 Å². The molecule has 2 unspecified atom stereocenters. The van der Waals surface area contributed by atoms with E-state index in [1.54, 1.807) is 12.1 Å². The Bertz CT molecular complexity index is 420. The van der Waals surface area contributed by atoms with E-state index in [4.69, 9.17) is 0 Å². The van der Waals surface area contributed by atoms with Gasteiger partial charge in [-0.05, 0) is 31.2 Å². The van der Waals surface area contributed by atoms with E-state index in [9.17, 15) is 9.18 Å². The van der Waals surface area contributed by atoms with E-state index >= 15 is 0 Å². The Morgan fingerprint density at radius 1 is 1.44 bits per heavy atom. The average Bonchev–Trinajstić information content (AvgIpc) is 2.38. The Balaban J connectivity index is 2.06. The molecule has 0 amide bonds. The minimum Gasteiger partial charge on any atom is -0.292 e. The number of hydrogen-bond donors (Lipinski definition) is 0. The molecule has 1 saturated heterocycles. The number of halogens is 1. The van der Waals surface area contributed by atoms with Gasteiger partial charge in [-0.1, -0.05) is 6.92 Å². The Labute approximate surface area is 112 Å². The van der Waals surface area contributed by atoms with Crippen LogP contribution in [-0.4, -0.2) is 40.8 Å². The summed E-state index contributed by atoms with van der Waals surface area (Å²) in [6.45, 7) is 6.02. The summed E-state index contributed by atoms with van der Waals surface area (Å²) in [5.74, 6) is 0.846. The van der Waals surface area contributed by atoms with E-state index in [1.165, 1.54) is 12.1 Å². The molecule has 1 aromatic carbocycles. The number of ketones is 1. The number of nitrogens with zero attached hydrogens (tertiary/aromatic N) is 1. The summed E-state index contributed by atoms with van der Waals surface area (Å²) in [5, 5.41) is 0.571. The highest BCUT2D eigenvalue weighted by Crippen LogP contribution is 2.21. The minimum atomic E-state index is -0.304. The second-order valence-corrected chi connectivity index (χ2v) is 6.27. The molecule has 98 valence electrons. The number of carbonyl (C=O) groups is 1. The molecule has 1 aromatic rings. The van der Waals surface area contributed by atoms with Gasteiger partial charge < -0.3 is 0 Å². The van der Waals surface area contributed by atoms with Gasteiger partial charge >= 0.3 is 0 Å². The highest BCUT2D eigenvalue weighted by atomic mass is 32.2. The monoisotopic (exact) mass is 267 g/mol. The van der Waals surface area contributed by atoms with Gasteiger partial charge in [-0.2, -0.15) is 11.8 Å². The highest BCUT2D eigenvalue weighted by Gasteiger charge is 2.26. The molecular weight excluding hydrogens is 249 g/mol. The quantitative estimate of drug-likeness (QED) is 0.785. The van der Waals surface area contributed by atoms with Crippen LogP contribution >= 0.6 is 11.8 Å². The Hall–Kier alpha value is -0.870. The van der Waals surface area contributed by atoms with E-state index in [2.05, 4.69) is 11.8 Å². The number of carbonyl (C=O) groups excluding carboxylic acids is 1. The second kappa shape index (κ2) is 5.85. The zero-order chi connectivity index (χ0) is 13.1. The number of Topliss-reactive ketones (excluding diaryl/α,β-unsaturated/α-hetero) is 1. The summed E-state index contributed by atoms with van der Waals surface area (Å²) in [7, 11) is 0. The lowest BCUT2D eigenvalue weighted by Gasteiger charge is -2.34. The van der Waals surface area contributed by atoms with Crippen LogP contribution in [0.5, 0.6) is 0 Å². The van der Waals surface area contributed by atoms with Gasteiger partial charge in [0.05, 0.1) is 6.04 Å². The normalized spacial score (nSPS) is 22.7. The van der Waals surface area contributed by atoms with Crippen molar-refractivity contribution in [2.24, 2.45) is 0 Å². The SMILES string of the molecule is CC1CN(C(C)C(=O)c2ccc(F)cc2)CCS1. The molecule has 1 aliphatic rings. The van der Waals surface area contributed by atoms with Crippen LogP contribution in [-0.2, 0) is 0 Å². The number of benzene rings is 1. The molecule has 2 atom stereocenters. The zero-order valence-corrected chi connectivity index (χ0v) is 11.5. The average molecular weight is 267 g/mol. The number of thioether (sulfide) groups is 1. The van der Waals surface area contributed by atoms with Crippen LogP contribution in [0, 0.1) is 5.82 Å². The topological polar surface area (TPSA) is 20.3 Å². The summed E-state index contributed by atoms with van der Waals surface area (Å²) in [5.41, 5.74) is 0.592. The molecule has 0 aromatic heterocycles. The third kappa shape index (κ3) is 3.12. The third-order valence-corrected chi connectivity index (χ3v) is 4.46. The summed E-state index contributed by atoms with van der Waals surface area (Å²) < 4.78 is 12.8. The van der Waals surface area contributed by atoms with Gasteiger partial charge in [0.1, 0.15) is 5.82 Å². The van der Waals surface area contributed by atoms with E-state index in [-0.39, 0.29) is 17.6 Å². The molecule has 0 saturated carbocycles. The molecule has 0 bridgehead atoms. The zero-order valence-electron chi connectivity index (χ0n) is 10.7. The van der Waals surface area contributed by atoms with Crippen LogP contribution in [0.4, 0.5) is 4.39 Å². The Kier molecular flexibility index (Phi) is 4.40. The molecular formula is C14H18FNOS. The van der Waals surface area contributed by atoms with Crippen LogP contribution in [0.2, 0.25) is 0 Å². The van der Waals surface area contributed by atoms with Crippen LogP contribution in [0.15, 0.2) is 24.3 Å². The summed E-state index contributed by atoms with van der Waals surface area (Å²) >= 11 is 1.95. The molecule has 0 aliphatic carbocycles.